The summed E-state index contributed by atoms with van der Waals surface area (Å²) in [7, 11) is 0. The monoisotopic (exact) mass is 290 g/mol. The van der Waals surface area contributed by atoms with Gasteiger partial charge in [0.1, 0.15) is 5.82 Å². The van der Waals surface area contributed by atoms with Crippen LogP contribution in [-0.2, 0) is 6.54 Å². The SMILES string of the molecule is C=CCNC(=S)Nc1cnn(Cc2cccc(F)c2)c1. The Hall–Kier alpha value is -2.21. The van der Waals surface area contributed by atoms with Gasteiger partial charge in [0.2, 0.25) is 0 Å². The molecule has 0 atom stereocenters. The van der Waals surface area contributed by atoms with Crippen molar-refractivity contribution in [2.75, 3.05) is 11.9 Å². The largest absolute Gasteiger partial charge is 0.359 e. The van der Waals surface area contributed by atoms with Gasteiger partial charge in [-0.3, -0.25) is 4.68 Å². The summed E-state index contributed by atoms with van der Waals surface area (Å²) in [4.78, 5) is 0. The maximum absolute atomic E-state index is 13.1. The van der Waals surface area contributed by atoms with Gasteiger partial charge in [-0.1, -0.05) is 18.2 Å². The zero-order valence-electron chi connectivity index (χ0n) is 10.8. The maximum Gasteiger partial charge on any atom is 0.171 e. The number of hydrogen-bond acceptors (Lipinski definition) is 2. The van der Waals surface area contributed by atoms with Crippen LogP contribution in [0.5, 0.6) is 0 Å². The average molecular weight is 290 g/mol. The Kier molecular flexibility index (Phi) is 4.84. The van der Waals surface area contributed by atoms with Crippen molar-refractivity contribution in [2.45, 2.75) is 6.54 Å². The van der Waals surface area contributed by atoms with Gasteiger partial charge in [0.25, 0.3) is 0 Å². The number of benzene rings is 1. The second kappa shape index (κ2) is 6.81. The summed E-state index contributed by atoms with van der Waals surface area (Å²) in [5.74, 6) is -0.247. The first kappa shape index (κ1) is 14.2. The minimum Gasteiger partial charge on any atom is -0.359 e. The number of halogens is 1. The van der Waals surface area contributed by atoms with Crippen molar-refractivity contribution in [1.29, 1.82) is 0 Å². The molecule has 0 radical (unpaired) electrons. The topological polar surface area (TPSA) is 41.9 Å². The Balaban J connectivity index is 1.95. The number of hydrogen-bond donors (Lipinski definition) is 2. The van der Waals surface area contributed by atoms with Gasteiger partial charge < -0.3 is 10.6 Å². The summed E-state index contributed by atoms with van der Waals surface area (Å²) in [6.07, 6.45) is 5.20. The van der Waals surface area contributed by atoms with E-state index >= 15 is 0 Å². The summed E-state index contributed by atoms with van der Waals surface area (Å²) in [6, 6.07) is 6.45. The van der Waals surface area contributed by atoms with Crippen LogP contribution in [0.4, 0.5) is 10.1 Å². The van der Waals surface area contributed by atoms with Crippen molar-refractivity contribution in [3.63, 3.8) is 0 Å². The average Bonchev–Trinajstić information content (AvgIpc) is 2.83. The minimum atomic E-state index is -0.247. The van der Waals surface area contributed by atoms with Crippen LogP contribution < -0.4 is 10.6 Å². The van der Waals surface area contributed by atoms with Crippen LogP contribution in [0.2, 0.25) is 0 Å². The minimum absolute atomic E-state index is 0.247. The molecule has 2 rings (SSSR count). The second-order valence-electron chi connectivity index (χ2n) is 4.18. The fourth-order valence-electron chi connectivity index (χ4n) is 1.68. The highest BCUT2D eigenvalue weighted by molar-refractivity contribution is 7.80. The molecule has 2 aromatic rings. The predicted molar refractivity (Wildman–Crippen MR) is 82.1 cm³/mol. The molecule has 1 aromatic heterocycles. The van der Waals surface area contributed by atoms with E-state index in [2.05, 4.69) is 22.3 Å². The van der Waals surface area contributed by atoms with Gasteiger partial charge in [-0.15, -0.1) is 6.58 Å². The normalized spacial score (nSPS) is 10.1. The molecule has 104 valence electrons. The van der Waals surface area contributed by atoms with Gasteiger partial charge in [0.15, 0.2) is 5.11 Å². The summed E-state index contributed by atoms with van der Waals surface area (Å²) in [6.45, 7) is 4.71. The number of aromatic nitrogens is 2. The van der Waals surface area contributed by atoms with Gasteiger partial charge in [0, 0.05) is 12.7 Å². The molecule has 0 fully saturated rings. The fourth-order valence-corrected chi connectivity index (χ4v) is 1.88. The van der Waals surface area contributed by atoms with Crippen molar-refractivity contribution in [3.8, 4) is 0 Å². The Morgan fingerprint density at radius 2 is 2.35 bits per heavy atom. The molecule has 0 aliphatic rings. The fraction of sp³-hybridized carbons (Fsp3) is 0.143. The first-order valence-corrected chi connectivity index (χ1v) is 6.51. The van der Waals surface area contributed by atoms with Crippen molar-refractivity contribution in [2.24, 2.45) is 0 Å². The number of nitrogens with one attached hydrogen (secondary N) is 2. The molecule has 0 saturated heterocycles. The number of thiocarbonyl (C=S) groups is 1. The first-order chi connectivity index (χ1) is 9.67. The lowest BCUT2D eigenvalue weighted by molar-refractivity contribution is 0.619. The molecule has 0 unspecified atom stereocenters. The Morgan fingerprint density at radius 1 is 1.50 bits per heavy atom. The molecule has 0 saturated carbocycles. The molecule has 6 heteroatoms. The van der Waals surface area contributed by atoms with Gasteiger partial charge in [-0.05, 0) is 29.9 Å². The van der Waals surface area contributed by atoms with E-state index < -0.39 is 0 Å². The number of rotatable bonds is 5. The zero-order valence-corrected chi connectivity index (χ0v) is 11.7. The van der Waals surface area contributed by atoms with E-state index in [1.807, 2.05) is 12.3 Å². The molecule has 1 heterocycles. The molecule has 0 amide bonds. The molecule has 4 nitrogen and oxygen atoms in total. The summed E-state index contributed by atoms with van der Waals surface area (Å²) < 4.78 is 14.8. The van der Waals surface area contributed by atoms with Crippen molar-refractivity contribution >= 4 is 23.0 Å². The summed E-state index contributed by atoms with van der Waals surface area (Å²) in [5.41, 5.74) is 1.63. The third kappa shape index (κ3) is 4.17. The lowest BCUT2D eigenvalue weighted by atomic mass is 10.2. The predicted octanol–water partition coefficient (Wildman–Crippen LogP) is 2.54. The molecular weight excluding hydrogens is 275 g/mol. The van der Waals surface area contributed by atoms with Crippen LogP contribution in [0.1, 0.15) is 5.56 Å². The van der Waals surface area contributed by atoms with Crippen LogP contribution >= 0.6 is 12.2 Å². The van der Waals surface area contributed by atoms with Crippen LogP contribution in [0.3, 0.4) is 0 Å². The molecule has 2 N–H and O–H groups in total. The maximum atomic E-state index is 13.1. The second-order valence-corrected chi connectivity index (χ2v) is 4.59. The van der Waals surface area contributed by atoms with Gasteiger partial charge in [-0.25, -0.2) is 4.39 Å². The van der Waals surface area contributed by atoms with E-state index in [9.17, 15) is 4.39 Å². The number of nitrogens with zero attached hydrogens (tertiary/aromatic N) is 2. The van der Waals surface area contributed by atoms with Crippen LogP contribution in [-0.4, -0.2) is 21.4 Å². The van der Waals surface area contributed by atoms with Crippen molar-refractivity contribution in [3.05, 3.63) is 60.7 Å². The smallest absolute Gasteiger partial charge is 0.171 e. The van der Waals surface area contributed by atoms with Crippen LogP contribution in [0.15, 0.2) is 49.3 Å². The summed E-state index contributed by atoms with van der Waals surface area (Å²) >= 11 is 5.10. The summed E-state index contributed by atoms with van der Waals surface area (Å²) in [5, 5.41) is 10.7. The van der Waals surface area contributed by atoms with E-state index in [1.165, 1.54) is 12.1 Å². The van der Waals surface area contributed by atoms with E-state index in [4.69, 9.17) is 12.2 Å². The molecule has 20 heavy (non-hydrogen) atoms. The van der Waals surface area contributed by atoms with E-state index in [0.717, 1.165) is 11.3 Å². The molecule has 0 aliphatic carbocycles. The Labute approximate surface area is 122 Å². The Bertz CT molecular complexity index is 609. The molecule has 0 aliphatic heterocycles. The van der Waals surface area contributed by atoms with Crippen molar-refractivity contribution in [1.82, 2.24) is 15.1 Å². The zero-order chi connectivity index (χ0) is 14.4. The highest BCUT2D eigenvalue weighted by Gasteiger charge is 2.02. The molecule has 0 bridgehead atoms. The van der Waals surface area contributed by atoms with Gasteiger partial charge >= 0.3 is 0 Å². The van der Waals surface area contributed by atoms with E-state index in [-0.39, 0.29) is 5.82 Å². The molecule has 1 aromatic carbocycles. The highest BCUT2D eigenvalue weighted by atomic mass is 32.1. The third-order valence-corrected chi connectivity index (χ3v) is 2.78. The lowest BCUT2D eigenvalue weighted by Gasteiger charge is -2.06. The number of anilines is 1. The van der Waals surface area contributed by atoms with E-state index in [0.29, 0.717) is 18.2 Å². The van der Waals surface area contributed by atoms with Gasteiger partial charge in [-0.2, -0.15) is 5.10 Å². The van der Waals surface area contributed by atoms with E-state index in [1.54, 1.807) is 23.0 Å². The lowest BCUT2D eigenvalue weighted by Crippen LogP contribution is -2.28. The van der Waals surface area contributed by atoms with Gasteiger partial charge in [0.05, 0.1) is 18.4 Å². The van der Waals surface area contributed by atoms with Crippen LogP contribution in [0.25, 0.3) is 0 Å². The third-order valence-electron chi connectivity index (χ3n) is 2.53. The highest BCUT2D eigenvalue weighted by Crippen LogP contribution is 2.09. The first-order valence-electron chi connectivity index (χ1n) is 6.10. The Morgan fingerprint density at radius 3 is 3.10 bits per heavy atom. The quantitative estimate of drug-likeness (QED) is 0.656. The molecule has 0 spiro atoms. The molecular formula is C14H15FN4S. The standard InChI is InChI=1S/C14H15FN4S/c1-2-6-16-14(20)18-13-8-17-19(10-13)9-11-4-3-5-12(15)7-11/h2-5,7-8,10H,1,6,9H2,(H2,16,18,20). The van der Waals surface area contributed by atoms with Crippen molar-refractivity contribution < 1.29 is 4.39 Å². The van der Waals surface area contributed by atoms with Crippen LogP contribution in [0, 0.1) is 5.82 Å².